The monoisotopic (exact) mass is 636 g/mol. The maximum atomic E-state index is 12.4. The zero-order chi connectivity index (χ0) is 32.8. The predicted octanol–water partition coefficient (Wildman–Crippen LogP) is 6.90. The van der Waals surface area contributed by atoms with Gasteiger partial charge in [0.05, 0.1) is 51.2 Å². The fourth-order valence-corrected chi connectivity index (χ4v) is 7.35. The number of esters is 1. The molecule has 0 bridgehead atoms. The molecule has 0 amide bonds. The lowest BCUT2D eigenvalue weighted by molar-refractivity contribution is -0.253. The van der Waals surface area contributed by atoms with E-state index in [0.717, 1.165) is 35.5 Å². The van der Waals surface area contributed by atoms with Gasteiger partial charge in [0, 0.05) is 30.9 Å². The molecule has 0 unspecified atom stereocenters. The van der Waals surface area contributed by atoms with E-state index in [0.29, 0.717) is 37.9 Å². The van der Waals surface area contributed by atoms with E-state index < -0.39 is 11.7 Å². The molecule has 2 aliphatic carbocycles. The lowest BCUT2D eigenvalue weighted by Crippen LogP contribution is -2.40. The molecule has 1 N–H and O–H groups in total. The third kappa shape index (κ3) is 8.32. The highest BCUT2D eigenvalue weighted by Gasteiger charge is 2.48. The Bertz CT molecular complexity index is 1280. The summed E-state index contributed by atoms with van der Waals surface area (Å²) in [7, 11) is 3.32. The first-order chi connectivity index (χ1) is 22.1. The van der Waals surface area contributed by atoms with Gasteiger partial charge in [-0.15, -0.1) is 0 Å². The number of carbonyl (C=O) groups excluding carboxylic acids is 1. The number of ether oxygens (including phenoxy) is 6. The summed E-state index contributed by atoms with van der Waals surface area (Å²) in [5.41, 5.74) is 1.49. The van der Waals surface area contributed by atoms with Crippen LogP contribution in [0.2, 0.25) is 0 Å². The van der Waals surface area contributed by atoms with Gasteiger partial charge in [-0.3, -0.25) is 4.79 Å². The highest BCUT2D eigenvalue weighted by Crippen LogP contribution is 2.50. The number of fused-ring (bicyclic) bond motifs is 1. The van der Waals surface area contributed by atoms with E-state index in [4.69, 9.17) is 28.4 Å². The van der Waals surface area contributed by atoms with E-state index in [1.165, 1.54) is 0 Å². The normalized spacial score (nSPS) is 30.9. The van der Waals surface area contributed by atoms with Crippen molar-refractivity contribution >= 4 is 5.97 Å². The molecule has 1 heterocycles. The standard InChI is InChI=1S/C38H52O8/c1-24-19-33-32(35(24)44-23-25-7-12-28(41-5)13-8-25)16-11-27(34(33)22-39)20-31-21-30(17-18-43-37(40)38(2,3)4)45-36(46-31)26-9-14-29(42-6)15-10-26/h7-16,24,27,30-36,39H,17-23H2,1-6H3/t24-,27+,30-,31+,32-,33-,34-,35-,36-/m1/s1. The number of carbonyl (C=O) groups is 1. The van der Waals surface area contributed by atoms with Crippen LogP contribution >= 0.6 is 0 Å². The van der Waals surface area contributed by atoms with Crippen LogP contribution in [0.1, 0.15) is 70.8 Å². The van der Waals surface area contributed by atoms with Crippen LogP contribution in [0.5, 0.6) is 11.5 Å². The topological polar surface area (TPSA) is 92.7 Å². The van der Waals surface area contributed by atoms with Crippen molar-refractivity contribution in [2.75, 3.05) is 27.4 Å². The molecule has 8 heteroatoms. The fourth-order valence-electron chi connectivity index (χ4n) is 7.35. The van der Waals surface area contributed by atoms with Gasteiger partial charge in [-0.05, 0) is 87.1 Å². The second-order valence-electron chi connectivity index (χ2n) is 14.2. The first kappa shape index (κ1) is 34.4. The summed E-state index contributed by atoms with van der Waals surface area (Å²) in [6.45, 7) is 8.82. The molecule has 252 valence electrons. The molecule has 1 aliphatic heterocycles. The van der Waals surface area contributed by atoms with Crippen LogP contribution in [0.15, 0.2) is 60.7 Å². The SMILES string of the molecule is COc1ccc(CO[C@H]2[C@@H]3C=C[C@@H](C[C@H]4C[C@@H](CCOC(=O)C(C)(C)C)O[C@@H](c5ccc(OC)cc5)O4)[C@@H](CO)[C@@H]3C[C@H]2C)cc1. The Balaban J connectivity index is 1.26. The minimum atomic E-state index is -0.549. The minimum absolute atomic E-state index is 0.0784. The van der Waals surface area contributed by atoms with Crippen molar-refractivity contribution in [3.63, 3.8) is 0 Å². The lowest BCUT2D eigenvalue weighted by atomic mass is 9.70. The Labute approximate surface area is 274 Å². The fraction of sp³-hybridized carbons (Fsp3) is 0.605. The molecule has 3 aliphatic rings. The Morgan fingerprint density at radius 3 is 2.20 bits per heavy atom. The number of allylic oxidation sites excluding steroid dienone is 1. The van der Waals surface area contributed by atoms with Crippen molar-refractivity contribution in [1.82, 2.24) is 0 Å². The molecule has 2 aromatic rings. The number of benzene rings is 2. The molecule has 46 heavy (non-hydrogen) atoms. The lowest BCUT2D eigenvalue weighted by Gasteiger charge is -2.41. The van der Waals surface area contributed by atoms with Crippen molar-refractivity contribution in [2.45, 2.75) is 84.6 Å². The Hall–Kier alpha value is -2.91. The van der Waals surface area contributed by atoms with E-state index in [-0.39, 0.29) is 48.6 Å². The summed E-state index contributed by atoms with van der Waals surface area (Å²) in [4.78, 5) is 12.4. The molecule has 1 saturated heterocycles. The van der Waals surface area contributed by atoms with Crippen LogP contribution in [0.3, 0.4) is 0 Å². The maximum absolute atomic E-state index is 12.4. The highest BCUT2D eigenvalue weighted by molar-refractivity contribution is 5.75. The van der Waals surface area contributed by atoms with Gasteiger partial charge in [-0.2, -0.15) is 0 Å². The first-order valence-corrected chi connectivity index (χ1v) is 16.8. The first-order valence-electron chi connectivity index (χ1n) is 16.8. The van der Waals surface area contributed by atoms with Crippen LogP contribution in [0.25, 0.3) is 0 Å². The molecule has 0 spiro atoms. The quantitative estimate of drug-likeness (QED) is 0.199. The summed E-state index contributed by atoms with van der Waals surface area (Å²) in [5, 5.41) is 10.7. The zero-order valence-corrected chi connectivity index (χ0v) is 28.2. The predicted molar refractivity (Wildman–Crippen MR) is 175 cm³/mol. The second kappa shape index (κ2) is 15.3. The molecule has 2 fully saturated rings. The average Bonchev–Trinajstić information content (AvgIpc) is 3.37. The number of rotatable bonds is 12. The van der Waals surface area contributed by atoms with Crippen LogP contribution < -0.4 is 9.47 Å². The van der Waals surface area contributed by atoms with Crippen molar-refractivity contribution in [2.24, 2.45) is 35.0 Å². The third-order valence-corrected chi connectivity index (χ3v) is 9.94. The average molecular weight is 637 g/mol. The number of aliphatic hydroxyl groups is 1. The smallest absolute Gasteiger partial charge is 0.311 e. The largest absolute Gasteiger partial charge is 0.497 e. The third-order valence-electron chi connectivity index (χ3n) is 9.94. The Morgan fingerprint density at radius 2 is 1.57 bits per heavy atom. The van der Waals surface area contributed by atoms with Crippen LogP contribution in [-0.2, 0) is 30.3 Å². The summed E-state index contributed by atoms with van der Waals surface area (Å²) >= 11 is 0. The van der Waals surface area contributed by atoms with Gasteiger partial charge in [0.15, 0.2) is 6.29 Å². The summed E-state index contributed by atoms with van der Waals surface area (Å²) < 4.78 is 35.8. The van der Waals surface area contributed by atoms with E-state index >= 15 is 0 Å². The Kier molecular flexibility index (Phi) is 11.5. The molecule has 1 saturated carbocycles. The summed E-state index contributed by atoms with van der Waals surface area (Å²) in [6, 6.07) is 15.8. The maximum Gasteiger partial charge on any atom is 0.311 e. The molecule has 8 nitrogen and oxygen atoms in total. The van der Waals surface area contributed by atoms with Gasteiger partial charge in [-0.25, -0.2) is 0 Å². The number of methoxy groups -OCH3 is 2. The van der Waals surface area contributed by atoms with Crippen LogP contribution in [0.4, 0.5) is 0 Å². The van der Waals surface area contributed by atoms with E-state index in [1.54, 1.807) is 14.2 Å². The van der Waals surface area contributed by atoms with Gasteiger partial charge in [-0.1, -0.05) is 43.3 Å². The van der Waals surface area contributed by atoms with Crippen LogP contribution in [0, 0.1) is 35.0 Å². The molecule has 0 aromatic heterocycles. The number of hydrogen-bond donors (Lipinski definition) is 1. The van der Waals surface area contributed by atoms with E-state index in [9.17, 15) is 9.90 Å². The summed E-state index contributed by atoms with van der Waals surface area (Å²) in [5.74, 6) is 2.71. The van der Waals surface area contributed by atoms with Crippen LogP contribution in [-0.4, -0.2) is 56.8 Å². The Morgan fingerprint density at radius 1 is 0.913 bits per heavy atom. The molecular formula is C38H52O8. The summed E-state index contributed by atoms with van der Waals surface area (Å²) in [6.07, 6.45) is 7.09. The van der Waals surface area contributed by atoms with Gasteiger partial charge >= 0.3 is 5.97 Å². The van der Waals surface area contributed by atoms with Crippen molar-refractivity contribution in [3.8, 4) is 11.5 Å². The van der Waals surface area contributed by atoms with Gasteiger partial charge in [0.25, 0.3) is 0 Å². The molecule has 2 aromatic carbocycles. The molecular weight excluding hydrogens is 584 g/mol. The van der Waals surface area contributed by atoms with Gasteiger partial charge in [0.2, 0.25) is 0 Å². The number of aliphatic hydroxyl groups excluding tert-OH is 1. The van der Waals surface area contributed by atoms with Crippen molar-refractivity contribution in [1.29, 1.82) is 0 Å². The van der Waals surface area contributed by atoms with E-state index in [2.05, 4.69) is 19.1 Å². The van der Waals surface area contributed by atoms with Crippen molar-refractivity contribution < 1.29 is 38.3 Å². The second-order valence-corrected chi connectivity index (χ2v) is 14.2. The molecule has 9 atom stereocenters. The zero-order valence-electron chi connectivity index (χ0n) is 28.2. The number of hydrogen-bond acceptors (Lipinski definition) is 8. The molecule has 5 rings (SSSR count). The van der Waals surface area contributed by atoms with Gasteiger partial charge < -0.3 is 33.5 Å². The minimum Gasteiger partial charge on any atom is -0.497 e. The molecule has 0 radical (unpaired) electrons. The highest BCUT2D eigenvalue weighted by atomic mass is 16.7. The van der Waals surface area contributed by atoms with Crippen molar-refractivity contribution in [3.05, 3.63) is 71.8 Å². The van der Waals surface area contributed by atoms with E-state index in [1.807, 2.05) is 69.3 Å². The van der Waals surface area contributed by atoms with Gasteiger partial charge in [0.1, 0.15) is 11.5 Å².